The molecule has 0 spiro atoms. The number of aryl methyl sites for hydroxylation is 1. The first-order valence-corrected chi connectivity index (χ1v) is 14.0. The van der Waals surface area contributed by atoms with Crippen LogP contribution in [0.4, 0.5) is 0 Å². The Morgan fingerprint density at radius 2 is 1.89 bits per heavy atom. The molecule has 0 amide bonds. The van der Waals surface area contributed by atoms with Crippen molar-refractivity contribution in [1.29, 1.82) is 5.26 Å². The summed E-state index contributed by atoms with van der Waals surface area (Å²) in [4.78, 5) is 27.3. The minimum atomic E-state index is -1.59. The predicted molar refractivity (Wildman–Crippen MR) is 162 cm³/mol. The number of rotatable bonds is 13. The zero-order valence-electron chi connectivity index (χ0n) is 24.7. The molecule has 0 bridgehead atoms. The second-order valence-electron chi connectivity index (χ2n) is 10.5. The Balaban J connectivity index is 1.62. The Bertz CT molecular complexity index is 1750. The van der Waals surface area contributed by atoms with E-state index in [1.807, 2.05) is 38.1 Å². The highest BCUT2D eigenvalue weighted by molar-refractivity contribution is 6.32. The summed E-state index contributed by atoms with van der Waals surface area (Å²) in [5, 5.41) is 36.1. The van der Waals surface area contributed by atoms with Gasteiger partial charge in [0.1, 0.15) is 36.3 Å². The highest BCUT2D eigenvalue weighted by atomic mass is 35.5. The second-order valence-corrected chi connectivity index (χ2v) is 10.9. The van der Waals surface area contributed by atoms with Crippen molar-refractivity contribution in [2.24, 2.45) is 0 Å². The number of aliphatic hydroxyl groups excluding tert-OH is 1. The average Bonchev–Trinajstić information content (AvgIpc) is 3.31. The van der Waals surface area contributed by atoms with Crippen LogP contribution >= 0.6 is 11.6 Å². The summed E-state index contributed by atoms with van der Waals surface area (Å²) in [5.41, 5.74) is 4.50. The number of hydrogen-bond acceptors (Lipinski definition) is 9. The molecular formula is C32H32ClN5O6. The predicted octanol–water partition coefficient (Wildman–Crippen LogP) is 4.61. The van der Waals surface area contributed by atoms with Crippen molar-refractivity contribution in [3.05, 3.63) is 98.6 Å². The van der Waals surface area contributed by atoms with Gasteiger partial charge in [0.05, 0.1) is 39.8 Å². The first kappa shape index (κ1) is 32.2. The largest absolute Gasteiger partial charge is 0.488 e. The van der Waals surface area contributed by atoms with Crippen molar-refractivity contribution in [3.63, 3.8) is 0 Å². The van der Waals surface area contributed by atoms with Crippen LogP contribution in [0.1, 0.15) is 56.5 Å². The fourth-order valence-electron chi connectivity index (χ4n) is 4.51. The number of halogens is 1. The van der Waals surface area contributed by atoms with Crippen LogP contribution in [-0.2, 0) is 24.6 Å². The first-order chi connectivity index (χ1) is 21.0. The number of carbonyl (C=O) groups is 2. The molecule has 2 aromatic carbocycles. The molecule has 228 valence electrons. The molecule has 4 rings (SSSR count). The van der Waals surface area contributed by atoms with Crippen LogP contribution in [0.25, 0.3) is 5.69 Å². The third kappa shape index (κ3) is 6.89. The van der Waals surface area contributed by atoms with Gasteiger partial charge in [-0.1, -0.05) is 23.7 Å². The normalized spacial score (nSPS) is 12.3. The van der Waals surface area contributed by atoms with Crippen molar-refractivity contribution in [2.45, 2.75) is 53.0 Å². The van der Waals surface area contributed by atoms with Crippen molar-refractivity contribution < 1.29 is 29.3 Å². The van der Waals surface area contributed by atoms with Crippen molar-refractivity contribution in [3.8, 4) is 23.3 Å². The van der Waals surface area contributed by atoms with Gasteiger partial charge >= 0.3 is 5.97 Å². The summed E-state index contributed by atoms with van der Waals surface area (Å²) in [6, 6.07) is 12.7. The third-order valence-corrected chi connectivity index (χ3v) is 7.68. The number of nitrogens with zero attached hydrogens (tertiary/aromatic N) is 4. The number of ether oxygens (including phenoxy) is 2. The van der Waals surface area contributed by atoms with E-state index in [4.69, 9.17) is 21.1 Å². The van der Waals surface area contributed by atoms with E-state index in [1.54, 1.807) is 36.0 Å². The van der Waals surface area contributed by atoms with Crippen molar-refractivity contribution in [2.75, 3.05) is 6.61 Å². The zero-order valence-corrected chi connectivity index (χ0v) is 25.5. The fourth-order valence-corrected chi connectivity index (χ4v) is 4.75. The highest BCUT2D eigenvalue weighted by Crippen LogP contribution is 2.35. The molecule has 1 unspecified atom stereocenters. The molecular weight excluding hydrogens is 586 g/mol. The Labute approximate surface area is 259 Å². The van der Waals surface area contributed by atoms with E-state index in [2.05, 4.69) is 15.4 Å². The first-order valence-electron chi connectivity index (χ1n) is 13.6. The maximum absolute atomic E-state index is 11.7. The van der Waals surface area contributed by atoms with E-state index in [-0.39, 0.29) is 24.8 Å². The molecule has 0 radical (unpaired) electrons. The van der Waals surface area contributed by atoms with Crippen LogP contribution in [-0.4, -0.2) is 49.4 Å². The molecule has 1 atom stereocenters. The van der Waals surface area contributed by atoms with Gasteiger partial charge in [0, 0.05) is 36.1 Å². The lowest BCUT2D eigenvalue weighted by Crippen LogP contribution is -2.52. The number of carboxylic acid groups (broad SMARTS) is 1. The number of nitriles is 1. The lowest BCUT2D eigenvalue weighted by atomic mass is 10.0. The van der Waals surface area contributed by atoms with Gasteiger partial charge in [0.2, 0.25) is 0 Å². The van der Waals surface area contributed by atoms with Gasteiger partial charge in [-0.25, -0.2) is 4.68 Å². The van der Waals surface area contributed by atoms with Crippen LogP contribution in [0, 0.1) is 32.1 Å². The molecule has 0 saturated carbocycles. The fraction of sp³-hybridized carbons (Fsp3) is 0.281. The molecule has 11 nitrogen and oxygen atoms in total. The van der Waals surface area contributed by atoms with E-state index in [0.29, 0.717) is 39.4 Å². The van der Waals surface area contributed by atoms with Crippen LogP contribution < -0.4 is 14.8 Å². The molecule has 0 aliphatic carbocycles. The maximum atomic E-state index is 11.7. The standard InChI is InChI=1S/C32H32ClN5O6/c1-19-24(6-5-7-28(19)38-21(3)26(15-39)20(2)37-38)17-44-30-10-29(43-16-23-8-22(11-34)12-35-13-23)25(9-27(30)33)14-36-32(4,18-40)31(41)42/h5-10,12-13,15,36,40H,14,16-18H2,1-4H3,(H,41,42). The lowest BCUT2D eigenvalue weighted by Gasteiger charge is -2.25. The van der Waals surface area contributed by atoms with E-state index in [1.165, 1.54) is 13.1 Å². The number of nitrogens with one attached hydrogen (secondary N) is 1. The number of aldehydes is 1. The van der Waals surface area contributed by atoms with Gasteiger partial charge in [0.25, 0.3) is 0 Å². The van der Waals surface area contributed by atoms with Crippen molar-refractivity contribution in [1.82, 2.24) is 20.1 Å². The Morgan fingerprint density at radius 1 is 1.14 bits per heavy atom. The Morgan fingerprint density at radius 3 is 2.55 bits per heavy atom. The Hall–Kier alpha value is -4.76. The number of hydrogen-bond donors (Lipinski definition) is 3. The van der Waals surface area contributed by atoms with Gasteiger partial charge in [-0.3, -0.25) is 19.9 Å². The van der Waals surface area contributed by atoms with Gasteiger partial charge in [-0.15, -0.1) is 0 Å². The SMILES string of the molecule is Cc1nn(-c2cccc(COc3cc(OCc4cncc(C#N)c4)c(CNC(C)(CO)C(=O)O)cc3Cl)c2C)c(C)c1C=O. The highest BCUT2D eigenvalue weighted by Gasteiger charge is 2.32. The van der Waals surface area contributed by atoms with Gasteiger partial charge < -0.3 is 19.7 Å². The summed E-state index contributed by atoms with van der Waals surface area (Å²) >= 11 is 6.63. The summed E-state index contributed by atoms with van der Waals surface area (Å²) in [6.45, 7) is 6.56. The molecule has 0 aliphatic heterocycles. The number of aromatic nitrogens is 3. The zero-order chi connectivity index (χ0) is 32.0. The van der Waals surface area contributed by atoms with Crippen LogP contribution in [0.2, 0.25) is 5.02 Å². The number of aliphatic carboxylic acids is 1. The molecule has 12 heteroatoms. The molecule has 2 heterocycles. The average molecular weight is 618 g/mol. The van der Waals surface area contributed by atoms with E-state index in [0.717, 1.165) is 28.8 Å². The summed E-state index contributed by atoms with van der Waals surface area (Å²) in [5.74, 6) is -0.524. The molecule has 4 aromatic rings. The van der Waals surface area contributed by atoms with Gasteiger partial charge in [-0.05, 0) is 57.0 Å². The summed E-state index contributed by atoms with van der Waals surface area (Å²) in [6.07, 6.45) is 3.83. The molecule has 44 heavy (non-hydrogen) atoms. The van der Waals surface area contributed by atoms with E-state index in [9.17, 15) is 25.1 Å². The number of benzene rings is 2. The smallest absolute Gasteiger partial charge is 0.326 e. The van der Waals surface area contributed by atoms with Crippen LogP contribution in [0.3, 0.4) is 0 Å². The van der Waals surface area contributed by atoms with Gasteiger partial charge in [-0.2, -0.15) is 10.4 Å². The van der Waals surface area contributed by atoms with Crippen LogP contribution in [0.15, 0.2) is 48.8 Å². The van der Waals surface area contributed by atoms with Crippen molar-refractivity contribution >= 4 is 23.9 Å². The van der Waals surface area contributed by atoms with E-state index >= 15 is 0 Å². The lowest BCUT2D eigenvalue weighted by molar-refractivity contribution is -0.145. The monoisotopic (exact) mass is 617 g/mol. The number of pyridine rings is 1. The third-order valence-electron chi connectivity index (χ3n) is 7.38. The quantitative estimate of drug-likeness (QED) is 0.181. The summed E-state index contributed by atoms with van der Waals surface area (Å²) < 4.78 is 14.0. The molecule has 3 N–H and O–H groups in total. The minimum absolute atomic E-state index is 0.0156. The topological polar surface area (TPSA) is 160 Å². The minimum Gasteiger partial charge on any atom is -0.488 e. The number of carbonyl (C=O) groups excluding carboxylic acids is 1. The number of aliphatic hydroxyl groups is 1. The summed E-state index contributed by atoms with van der Waals surface area (Å²) in [7, 11) is 0. The molecule has 0 fully saturated rings. The maximum Gasteiger partial charge on any atom is 0.326 e. The van der Waals surface area contributed by atoms with Gasteiger partial charge in [0.15, 0.2) is 6.29 Å². The number of carboxylic acids is 1. The molecule has 0 aliphatic rings. The van der Waals surface area contributed by atoms with E-state index < -0.39 is 18.1 Å². The van der Waals surface area contributed by atoms with Crippen LogP contribution in [0.5, 0.6) is 11.5 Å². The second kappa shape index (κ2) is 13.7. The molecule has 0 saturated heterocycles. The Kier molecular flexibility index (Phi) is 10.0. The molecule has 2 aromatic heterocycles.